The number of carboxylic acids is 1. The SMILES string of the molecule is CC(C)c1c(C(=O)O)nc2ccc(C(F)(F)F)cn12. The van der Waals surface area contributed by atoms with Gasteiger partial charge in [-0.1, -0.05) is 13.8 Å². The van der Waals surface area contributed by atoms with E-state index in [2.05, 4.69) is 4.98 Å². The summed E-state index contributed by atoms with van der Waals surface area (Å²) in [6, 6.07) is 2.05. The van der Waals surface area contributed by atoms with Gasteiger partial charge < -0.3 is 9.51 Å². The van der Waals surface area contributed by atoms with Crippen molar-refractivity contribution < 1.29 is 23.1 Å². The predicted octanol–water partition coefficient (Wildman–Crippen LogP) is 3.17. The minimum Gasteiger partial charge on any atom is -0.476 e. The molecule has 0 saturated heterocycles. The number of hydrogen-bond donors (Lipinski definition) is 1. The molecule has 0 unspecified atom stereocenters. The molecule has 2 aromatic heterocycles. The molecule has 0 fully saturated rings. The van der Waals surface area contributed by atoms with Crippen molar-refractivity contribution in [1.82, 2.24) is 9.38 Å². The monoisotopic (exact) mass is 272 g/mol. The summed E-state index contributed by atoms with van der Waals surface area (Å²) in [4.78, 5) is 14.9. The summed E-state index contributed by atoms with van der Waals surface area (Å²) in [7, 11) is 0. The highest BCUT2D eigenvalue weighted by atomic mass is 19.4. The molecule has 0 aliphatic carbocycles. The van der Waals surface area contributed by atoms with E-state index in [1.54, 1.807) is 13.8 Å². The lowest BCUT2D eigenvalue weighted by atomic mass is 10.1. The number of carbonyl (C=O) groups is 1. The highest BCUT2D eigenvalue weighted by Gasteiger charge is 2.32. The van der Waals surface area contributed by atoms with Gasteiger partial charge in [0.15, 0.2) is 5.69 Å². The lowest BCUT2D eigenvalue weighted by Crippen LogP contribution is -2.08. The molecule has 4 nitrogen and oxygen atoms in total. The zero-order valence-corrected chi connectivity index (χ0v) is 10.2. The highest BCUT2D eigenvalue weighted by Crippen LogP contribution is 2.31. The second-order valence-corrected chi connectivity index (χ2v) is 4.45. The molecule has 2 aromatic rings. The minimum atomic E-state index is -4.48. The summed E-state index contributed by atoms with van der Waals surface area (Å²) >= 11 is 0. The van der Waals surface area contributed by atoms with Gasteiger partial charge in [-0.25, -0.2) is 9.78 Å². The van der Waals surface area contributed by atoms with Gasteiger partial charge in [-0.3, -0.25) is 0 Å². The number of pyridine rings is 1. The summed E-state index contributed by atoms with van der Waals surface area (Å²) in [5, 5.41) is 9.05. The molecule has 0 aliphatic rings. The lowest BCUT2D eigenvalue weighted by molar-refractivity contribution is -0.137. The maximum atomic E-state index is 12.7. The average Bonchev–Trinajstić information content (AvgIpc) is 2.65. The van der Waals surface area contributed by atoms with Crippen molar-refractivity contribution in [3.05, 3.63) is 35.3 Å². The molecule has 102 valence electrons. The van der Waals surface area contributed by atoms with Gasteiger partial charge in [-0.05, 0) is 18.1 Å². The molecule has 1 N–H and O–H groups in total. The van der Waals surface area contributed by atoms with Crippen LogP contribution < -0.4 is 0 Å². The van der Waals surface area contributed by atoms with Crippen LogP contribution in [0.1, 0.15) is 41.5 Å². The number of hydrogen-bond acceptors (Lipinski definition) is 2. The van der Waals surface area contributed by atoms with Gasteiger partial charge >= 0.3 is 12.1 Å². The second-order valence-electron chi connectivity index (χ2n) is 4.45. The van der Waals surface area contributed by atoms with Gasteiger partial charge in [0.25, 0.3) is 0 Å². The molecule has 0 radical (unpaired) electrons. The van der Waals surface area contributed by atoms with E-state index >= 15 is 0 Å². The van der Waals surface area contributed by atoms with E-state index < -0.39 is 17.7 Å². The quantitative estimate of drug-likeness (QED) is 0.913. The van der Waals surface area contributed by atoms with Crippen molar-refractivity contribution in [3.63, 3.8) is 0 Å². The largest absolute Gasteiger partial charge is 0.476 e. The molecule has 0 bridgehead atoms. The van der Waals surface area contributed by atoms with Gasteiger partial charge in [0.1, 0.15) is 5.65 Å². The van der Waals surface area contributed by atoms with E-state index in [1.807, 2.05) is 0 Å². The number of halogens is 3. The van der Waals surface area contributed by atoms with Gasteiger partial charge in [-0.2, -0.15) is 13.2 Å². The van der Waals surface area contributed by atoms with Crippen molar-refractivity contribution in [3.8, 4) is 0 Å². The Morgan fingerprint density at radius 3 is 2.47 bits per heavy atom. The predicted molar refractivity (Wildman–Crippen MR) is 61.2 cm³/mol. The first-order valence-electron chi connectivity index (χ1n) is 5.54. The van der Waals surface area contributed by atoms with E-state index in [0.29, 0.717) is 0 Å². The van der Waals surface area contributed by atoms with Crippen LogP contribution in [0, 0.1) is 0 Å². The van der Waals surface area contributed by atoms with Crippen molar-refractivity contribution in [2.45, 2.75) is 25.9 Å². The number of imidazole rings is 1. The minimum absolute atomic E-state index is 0.189. The maximum Gasteiger partial charge on any atom is 0.417 e. The lowest BCUT2D eigenvalue weighted by Gasteiger charge is -2.10. The van der Waals surface area contributed by atoms with Crippen LogP contribution in [0.15, 0.2) is 18.3 Å². The normalized spacial score (nSPS) is 12.3. The molecule has 0 saturated carbocycles. The number of nitrogens with zero attached hydrogens (tertiary/aromatic N) is 2. The van der Waals surface area contributed by atoms with Crippen molar-refractivity contribution in [1.29, 1.82) is 0 Å². The molecule has 0 amide bonds. The molecule has 2 heterocycles. The summed E-state index contributed by atoms with van der Waals surface area (Å²) in [5.74, 6) is -1.51. The molecule has 2 rings (SSSR count). The van der Waals surface area contributed by atoms with Crippen LogP contribution in [0.4, 0.5) is 13.2 Å². The molecular weight excluding hydrogens is 261 g/mol. The maximum absolute atomic E-state index is 12.7. The van der Waals surface area contributed by atoms with Crippen LogP contribution in [-0.4, -0.2) is 20.5 Å². The first-order valence-corrected chi connectivity index (χ1v) is 5.54. The number of aromatic carboxylic acids is 1. The Hall–Kier alpha value is -2.05. The fourth-order valence-electron chi connectivity index (χ4n) is 1.94. The van der Waals surface area contributed by atoms with E-state index in [0.717, 1.165) is 12.3 Å². The average molecular weight is 272 g/mol. The first kappa shape index (κ1) is 13.4. The fraction of sp³-hybridized carbons (Fsp3) is 0.333. The number of fused-ring (bicyclic) bond motifs is 1. The van der Waals surface area contributed by atoms with Crippen LogP contribution in [0.2, 0.25) is 0 Å². The summed E-state index contributed by atoms with van der Waals surface area (Å²) in [6.07, 6.45) is -3.60. The van der Waals surface area contributed by atoms with Gasteiger partial charge in [0.2, 0.25) is 0 Å². The van der Waals surface area contributed by atoms with E-state index in [9.17, 15) is 18.0 Å². The number of carboxylic acid groups (broad SMARTS) is 1. The number of aromatic nitrogens is 2. The van der Waals surface area contributed by atoms with Crippen LogP contribution in [0.3, 0.4) is 0 Å². The third-order valence-corrected chi connectivity index (χ3v) is 2.73. The third kappa shape index (κ3) is 2.27. The summed E-state index contributed by atoms with van der Waals surface area (Å²) in [6.45, 7) is 3.41. The molecule has 19 heavy (non-hydrogen) atoms. The molecule has 0 aliphatic heterocycles. The Labute approximate surface area is 106 Å². The number of rotatable bonds is 2. The van der Waals surface area contributed by atoms with Crippen molar-refractivity contribution in [2.75, 3.05) is 0 Å². The van der Waals surface area contributed by atoms with E-state index in [-0.39, 0.29) is 23.0 Å². The second kappa shape index (κ2) is 4.25. The number of alkyl halides is 3. The van der Waals surface area contributed by atoms with Crippen LogP contribution in [0.5, 0.6) is 0 Å². The summed E-state index contributed by atoms with van der Waals surface area (Å²) in [5.41, 5.74) is -0.603. The molecule has 0 aromatic carbocycles. The first-order chi connectivity index (χ1) is 8.71. The molecule has 0 atom stereocenters. The fourth-order valence-corrected chi connectivity index (χ4v) is 1.94. The van der Waals surface area contributed by atoms with Gasteiger partial charge in [0.05, 0.1) is 11.3 Å². The van der Waals surface area contributed by atoms with Crippen LogP contribution in [-0.2, 0) is 6.18 Å². The molecule has 0 spiro atoms. The standard InChI is InChI=1S/C12H11F3N2O2/c1-6(2)10-9(11(18)19)16-8-4-3-7(5-17(8)10)12(13,14)15/h3-6H,1-2H3,(H,18,19). The Kier molecular flexibility index (Phi) is 3.00. The van der Waals surface area contributed by atoms with Crippen molar-refractivity contribution >= 4 is 11.6 Å². The Bertz CT molecular complexity index is 644. The Morgan fingerprint density at radius 1 is 1.37 bits per heavy atom. The zero-order valence-electron chi connectivity index (χ0n) is 10.2. The van der Waals surface area contributed by atoms with Crippen LogP contribution in [0.25, 0.3) is 5.65 Å². The zero-order chi connectivity index (χ0) is 14.4. The molecular formula is C12H11F3N2O2. The third-order valence-electron chi connectivity index (χ3n) is 2.73. The topological polar surface area (TPSA) is 54.6 Å². The van der Waals surface area contributed by atoms with Crippen molar-refractivity contribution in [2.24, 2.45) is 0 Å². The van der Waals surface area contributed by atoms with E-state index in [1.165, 1.54) is 10.5 Å². The smallest absolute Gasteiger partial charge is 0.417 e. The van der Waals surface area contributed by atoms with Gasteiger partial charge in [0, 0.05) is 6.20 Å². The van der Waals surface area contributed by atoms with Crippen LogP contribution >= 0.6 is 0 Å². The van der Waals surface area contributed by atoms with E-state index in [4.69, 9.17) is 5.11 Å². The van der Waals surface area contributed by atoms with Gasteiger partial charge in [-0.15, -0.1) is 0 Å². The molecule has 7 heteroatoms. The summed E-state index contributed by atoms with van der Waals surface area (Å²) < 4.78 is 39.2. The Morgan fingerprint density at radius 2 is 2.00 bits per heavy atom. The Balaban J connectivity index is 2.77. The highest BCUT2D eigenvalue weighted by molar-refractivity contribution is 5.88.